The van der Waals surface area contributed by atoms with Crippen LogP contribution in [0.3, 0.4) is 0 Å². The van der Waals surface area contributed by atoms with Crippen molar-refractivity contribution in [2.24, 2.45) is 50.2 Å². The lowest BCUT2D eigenvalue weighted by molar-refractivity contribution is -0.365. The fourth-order valence-corrected chi connectivity index (χ4v) is 14.0. The number of aliphatic carboxylic acids is 1. The van der Waals surface area contributed by atoms with E-state index in [-0.39, 0.29) is 59.0 Å². The number of hydrogen-bond acceptors (Lipinski definition) is 12. The first kappa shape index (κ1) is 45.3. The van der Waals surface area contributed by atoms with Crippen LogP contribution in [-0.4, -0.2) is 129 Å². The Hall–Kier alpha value is -1.72. The van der Waals surface area contributed by atoms with Crippen LogP contribution in [0, 0.1) is 50.2 Å². The van der Waals surface area contributed by atoms with E-state index < -0.39 is 78.2 Å². The molecule has 1 amide bonds. The lowest BCUT2D eigenvalue weighted by Crippen LogP contribution is -2.67. The molecule has 14 heteroatoms. The van der Waals surface area contributed by atoms with Gasteiger partial charge in [0.2, 0.25) is 5.91 Å². The fraction of sp³-hybridized carbons (Fsp3) is 0.911. The van der Waals surface area contributed by atoms with E-state index >= 15 is 0 Å². The highest BCUT2D eigenvalue weighted by molar-refractivity contribution is 5.84. The Balaban J connectivity index is 1.13. The predicted molar refractivity (Wildman–Crippen MR) is 214 cm³/mol. The zero-order valence-corrected chi connectivity index (χ0v) is 36.3. The SMILES string of the molecule is C[C@H]1O[C@@H](O[C@H]2[C@H](O[C@H]3CC[C@@]4(C)[C@@H](CC[C@]5(C)[C@@H]4CC=C4[C@@H]6CC(C)(C)CC[C@]6(C(=O)NCCCC(=O)O)CC[C@]45C)[C@]3(C)CO)OC[C@H](O)[C@@H]2O)[C@H](O)[C@H](O)[C@H]1O. The van der Waals surface area contributed by atoms with Crippen LogP contribution in [0.5, 0.6) is 0 Å². The number of amides is 1. The minimum absolute atomic E-state index is 0.0314. The van der Waals surface area contributed by atoms with Gasteiger partial charge in [-0.25, -0.2) is 0 Å². The Morgan fingerprint density at radius 2 is 1.56 bits per heavy atom. The van der Waals surface area contributed by atoms with E-state index in [1.807, 2.05) is 0 Å². The molecule has 4 saturated carbocycles. The zero-order valence-electron chi connectivity index (χ0n) is 36.3. The molecular weight excluding hydrogens is 762 g/mol. The number of allylic oxidation sites excluding steroid dienone is 2. The van der Waals surface area contributed by atoms with Gasteiger partial charge in [-0.3, -0.25) is 9.59 Å². The maximum absolute atomic E-state index is 14.3. The zero-order chi connectivity index (χ0) is 43.1. The maximum Gasteiger partial charge on any atom is 0.303 e. The van der Waals surface area contributed by atoms with Gasteiger partial charge < -0.3 is 60.0 Å². The summed E-state index contributed by atoms with van der Waals surface area (Å²) in [4.78, 5) is 25.5. The third-order valence-corrected chi connectivity index (χ3v) is 17.9. The summed E-state index contributed by atoms with van der Waals surface area (Å²) in [6.45, 7) is 15.6. The molecule has 18 atom stereocenters. The van der Waals surface area contributed by atoms with Gasteiger partial charge in [0.05, 0.1) is 30.8 Å². The first-order valence-corrected chi connectivity index (χ1v) is 22.4. The Morgan fingerprint density at radius 3 is 2.25 bits per heavy atom. The molecule has 7 aliphatic rings. The molecule has 0 spiro atoms. The van der Waals surface area contributed by atoms with Crippen molar-refractivity contribution >= 4 is 11.9 Å². The van der Waals surface area contributed by atoms with Crippen LogP contribution in [0.1, 0.15) is 126 Å². The summed E-state index contributed by atoms with van der Waals surface area (Å²) in [6, 6.07) is 0. The lowest BCUT2D eigenvalue weighted by atomic mass is 9.33. The van der Waals surface area contributed by atoms with Gasteiger partial charge in [0.1, 0.15) is 36.6 Å². The molecule has 0 aromatic carbocycles. The highest BCUT2D eigenvalue weighted by Gasteiger charge is 2.70. The highest BCUT2D eigenvalue weighted by Crippen LogP contribution is 2.76. The van der Waals surface area contributed by atoms with Gasteiger partial charge in [0.15, 0.2) is 12.6 Å². The number of carboxylic acids is 1. The molecule has 0 bridgehead atoms. The molecule has 0 radical (unpaired) electrons. The van der Waals surface area contributed by atoms with Gasteiger partial charge in [-0.1, -0.05) is 53.2 Å². The van der Waals surface area contributed by atoms with Crippen LogP contribution >= 0.6 is 0 Å². The molecular formula is C45H73NO13. The maximum atomic E-state index is 14.3. The quantitative estimate of drug-likeness (QED) is 0.0899. The number of carboxylic acid groups (broad SMARTS) is 1. The van der Waals surface area contributed by atoms with Crippen molar-refractivity contribution in [3.8, 4) is 0 Å². The van der Waals surface area contributed by atoms with Crippen LogP contribution in [-0.2, 0) is 28.5 Å². The average Bonchev–Trinajstić information content (AvgIpc) is 3.18. The smallest absolute Gasteiger partial charge is 0.303 e. The molecule has 0 unspecified atom stereocenters. The fourth-order valence-electron chi connectivity index (χ4n) is 14.0. The monoisotopic (exact) mass is 836 g/mol. The second-order valence-electron chi connectivity index (χ2n) is 21.5. The number of fused-ring (bicyclic) bond motifs is 7. The minimum Gasteiger partial charge on any atom is -0.481 e. The molecule has 14 nitrogen and oxygen atoms in total. The summed E-state index contributed by atoms with van der Waals surface area (Å²) in [6.07, 6.45) is -1.15. The van der Waals surface area contributed by atoms with Gasteiger partial charge in [0.25, 0.3) is 0 Å². The van der Waals surface area contributed by atoms with Crippen LogP contribution < -0.4 is 5.32 Å². The van der Waals surface area contributed by atoms with Crippen molar-refractivity contribution in [1.82, 2.24) is 5.32 Å². The molecule has 0 aromatic rings. The first-order chi connectivity index (χ1) is 27.6. The Kier molecular flexibility index (Phi) is 12.4. The summed E-state index contributed by atoms with van der Waals surface area (Å²) in [5.41, 5.74) is -0.0644. The lowest BCUT2D eigenvalue weighted by Gasteiger charge is -2.71. The van der Waals surface area contributed by atoms with Crippen molar-refractivity contribution in [3.63, 3.8) is 0 Å². The third-order valence-electron chi connectivity index (χ3n) is 17.9. The number of aliphatic hydroxyl groups excluding tert-OH is 6. The van der Waals surface area contributed by atoms with E-state index in [4.69, 9.17) is 18.9 Å². The Morgan fingerprint density at radius 1 is 0.847 bits per heavy atom. The van der Waals surface area contributed by atoms with Gasteiger partial charge in [-0.15, -0.1) is 0 Å². The molecule has 8 N–H and O–H groups in total. The summed E-state index contributed by atoms with van der Waals surface area (Å²) < 4.78 is 24.4. The van der Waals surface area contributed by atoms with Crippen LogP contribution in [0.15, 0.2) is 11.6 Å². The topological polar surface area (TPSA) is 225 Å². The third kappa shape index (κ3) is 7.34. The highest BCUT2D eigenvalue weighted by atomic mass is 16.8. The van der Waals surface area contributed by atoms with Crippen molar-refractivity contribution in [2.45, 2.75) is 187 Å². The molecule has 6 fully saturated rings. The molecule has 0 aromatic heterocycles. The molecule has 59 heavy (non-hydrogen) atoms. The van der Waals surface area contributed by atoms with Crippen molar-refractivity contribution in [2.75, 3.05) is 19.8 Å². The Labute approximate surface area is 349 Å². The summed E-state index contributed by atoms with van der Waals surface area (Å²) in [5.74, 6) is -0.295. The number of rotatable bonds is 10. The molecule has 2 aliphatic heterocycles. The van der Waals surface area contributed by atoms with Gasteiger partial charge in [-0.05, 0) is 117 Å². The van der Waals surface area contributed by atoms with Crippen LogP contribution in [0.4, 0.5) is 0 Å². The molecule has 2 saturated heterocycles. The summed E-state index contributed by atoms with van der Waals surface area (Å²) in [7, 11) is 0. The first-order valence-electron chi connectivity index (χ1n) is 22.4. The number of nitrogens with one attached hydrogen (secondary N) is 1. The van der Waals surface area contributed by atoms with Crippen LogP contribution in [0.25, 0.3) is 0 Å². The summed E-state index contributed by atoms with van der Waals surface area (Å²) in [5, 5.41) is 76.9. The summed E-state index contributed by atoms with van der Waals surface area (Å²) >= 11 is 0. The van der Waals surface area contributed by atoms with E-state index in [1.165, 1.54) is 12.5 Å². The average molecular weight is 836 g/mol. The molecule has 336 valence electrons. The second kappa shape index (κ2) is 16.1. The van der Waals surface area contributed by atoms with Gasteiger partial charge in [0, 0.05) is 18.4 Å². The van der Waals surface area contributed by atoms with E-state index in [0.29, 0.717) is 25.3 Å². The standard InChI is InChI=1S/C45H73NO13/c1-24-32(51)34(53)35(54)37(57-24)59-36-33(52)27(48)22-56-38(36)58-30-13-14-41(4)28(42(30,5)23-47)12-15-44(7)29(41)11-10-25-26-21-40(2,3)16-18-45(26,19-17-43(25,44)6)39(55)46-20-8-9-31(49)50/h10,24,26-30,32-38,47-48,51-54H,8-9,11-23H2,1-7H3,(H,46,55)(H,49,50)/t24-,26+,27+,28-,29-,30+,32+,33+,34-,35-,36-,37+,38+,41+,42+,43-,44-,45+/m1/s1. The van der Waals surface area contributed by atoms with Crippen molar-refractivity contribution in [3.05, 3.63) is 11.6 Å². The molecule has 5 aliphatic carbocycles. The van der Waals surface area contributed by atoms with E-state index in [2.05, 4.69) is 52.9 Å². The van der Waals surface area contributed by atoms with Gasteiger partial charge in [-0.2, -0.15) is 0 Å². The minimum atomic E-state index is -1.63. The number of ether oxygens (including phenoxy) is 4. The van der Waals surface area contributed by atoms with Crippen molar-refractivity contribution < 1.29 is 64.3 Å². The predicted octanol–water partition coefficient (Wildman–Crippen LogP) is 3.42. The normalized spacial score (nSPS) is 50.6. The van der Waals surface area contributed by atoms with Crippen LogP contribution in [0.2, 0.25) is 0 Å². The number of carbonyl (C=O) groups excluding carboxylic acids is 1. The van der Waals surface area contributed by atoms with E-state index in [0.717, 1.165) is 57.8 Å². The number of carbonyl (C=O) groups is 2. The van der Waals surface area contributed by atoms with Gasteiger partial charge >= 0.3 is 5.97 Å². The largest absolute Gasteiger partial charge is 0.481 e. The second-order valence-corrected chi connectivity index (χ2v) is 21.5. The Bertz CT molecular complexity index is 1610. The molecule has 2 heterocycles. The van der Waals surface area contributed by atoms with E-state index in [1.54, 1.807) is 0 Å². The van der Waals surface area contributed by atoms with E-state index in [9.17, 15) is 45.3 Å². The molecule has 7 rings (SSSR count). The van der Waals surface area contributed by atoms with Crippen molar-refractivity contribution in [1.29, 1.82) is 0 Å². The number of aliphatic hydroxyl groups is 6. The number of hydrogen-bond donors (Lipinski definition) is 8.